The fourth-order valence-electron chi connectivity index (χ4n) is 2.08. The summed E-state index contributed by atoms with van der Waals surface area (Å²) in [5.74, 6) is 0. The van der Waals surface area contributed by atoms with Gasteiger partial charge in [0.25, 0.3) is 0 Å². The summed E-state index contributed by atoms with van der Waals surface area (Å²) in [4.78, 5) is 0.328. The van der Waals surface area contributed by atoms with Gasteiger partial charge in [-0.1, -0.05) is 29.8 Å². The van der Waals surface area contributed by atoms with Crippen molar-refractivity contribution in [2.24, 2.45) is 5.41 Å². The van der Waals surface area contributed by atoms with Crippen LogP contribution in [-0.2, 0) is 10.0 Å². The van der Waals surface area contributed by atoms with Crippen LogP contribution in [0.3, 0.4) is 0 Å². The van der Waals surface area contributed by atoms with Crippen molar-refractivity contribution in [2.45, 2.75) is 25.2 Å². The summed E-state index contributed by atoms with van der Waals surface area (Å²) in [5, 5.41) is 0. The molecule has 18 heavy (non-hydrogen) atoms. The fraction of sp³-hybridized carbons (Fsp3) is 0.500. The molecule has 0 spiro atoms. The molecule has 0 atom stereocenters. The number of sulfonamides is 1. The zero-order valence-corrected chi connectivity index (χ0v) is 14.3. The van der Waals surface area contributed by atoms with Crippen molar-refractivity contribution in [3.05, 3.63) is 27.1 Å². The molecule has 0 unspecified atom stereocenters. The molecule has 0 aliphatic carbocycles. The molecule has 0 aromatic heterocycles. The van der Waals surface area contributed by atoms with Gasteiger partial charge >= 0.3 is 0 Å². The molecule has 1 aliphatic heterocycles. The van der Waals surface area contributed by atoms with Gasteiger partial charge < -0.3 is 0 Å². The molecule has 100 valence electrons. The minimum atomic E-state index is -3.41. The largest absolute Gasteiger partial charge is 0.244 e. The third-order valence-electron chi connectivity index (χ3n) is 3.15. The van der Waals surface area contributed by atoms with Crippen molar-refractivity contribution in [2.75, 3.05) is 13.1 Å². The molecule has 1 heterocycles. The average Bonchev–Trinajstić information content (AvgIpc) is 2.63. The van der Waals surface area contributed by atoms with E-state index >= 15 is 0 Å². The Labute approximate surface area is 125 Å². The molecule has 6 heteroatoms. The van der Waals surface area contributed by atoms with Crippen molar-refractivity contribution in [1.29, 1.82) is 0 Å². The van der Waals surface area contributed by atoms with Crippen molar-refractivity contribution in [3.63, 3.8) is 0 Å². The van der Waals surface area contributed by atoms with Crippen molar-refractivity contribution < 1.29 is 8.42 Å². The highest BCUT2D eigenvalue weighted by molar-refractivity contribution is 9.11. The van der Waals surface area contributed by atoms with Gasteiger partial charge in [-0.2, -0.15) is 4.31 Å². The SMILES string of the molecule is CC1(C)CCN(S(=O)(=O)c2cc(Br)ccc2Br)C1. The third-order valence-corrected chi connectivity index (χ3v) is 6.49. The first-order valence-corrected chi connectivity index (χ1v) is 8.70. The first kappa shape index (κ1) is 14.5. The van der Waals surface area contributed by atoms with E-state index in [1.54, 1.807) is 16.4 Å². The number of rotatable bonds is 2. The predicted octanol–water partition coefficient (Wildman–Crippen LogP) is 3.63. The molecule has 0 saturated carbocycles. The molecule has 1 aromatic rings. The monoisotopic (exact) mass is 395 g/mol. The van der Waals surface area contributed by atoms with Crippen LogP contribution in [0, 0.1) is 5.41 Å². The Balaban J connectivity index is 2.40. The van der Waals surface area contributed by atoms with Gasteiger partial charge in [0, 0.05) is 22.0 Å². The van der Waals surface area contributed by atoms with E-state index in [4.69, 9.17) is 0 Å². The Hall–Kier alpha value is 0.0900. The normalized spacial score (nSPS) is 20.2. The molecule has 0 bridgehead atoms. The molecule has 1 saturated heterocycles. The second-order valence-electron chi connectivity index (χ2n) is 5.33. The van der Waals surface area contributed by atoms with E-state index in [-0.39, 0.29) is 5.41 Å². The molecule has 1 aromatic carbocycles. The van der Waals surface area contributed by atoms with Crippen LogP contribution < -0.4 is 0 Å². The molecule has 0 N–H and O–H groups in total. The molecule has 3 nitrogen and oxygen atoms in total. The van der Waals surface area contributed by atoms with Gasteiger partial charge in [0.1, 0.15) is 0 Å². The lowest BCUT2D eigenvalue weighted by Gasteiger charge is -2.20. The van der Waals surface area contributed by atoms with Crippen LogP contribution in [0.15, 0.2) is 32.0 Å². The number of hydrogen-bond acceptors (Lipinski definition) is 2. The zero-order valence-electron chi connectivity index (χ0n) is 10.3. The molecule has 1 aliphatic rings. The standard InChI is InChI=1S/C12H15Br2NO2S/c1-12(2)5-6-15(8-12)18(16,17)11-7-9(13)3-4-10(11)14/h3-4,7H,5-6,8H2,1-2H3. The van der Waals surface area contributed by atoms with E-state index in [9.17, 15) is 8.42 Å². The van der Waals surface area contributed by atoms with Gasteiger partial charge in [-0.05, 0) is 46.0 Å². The summed E-state index contributed by atoms with van der Waals surface area (Å²) in [6, 6.07) is 5.21. The minimum absolute atomic E-state index is 0.0611. The Morgan fingerprint density at radius 1 is 1.28 bits per heavy atom. The van der Waals surface area contributed by atoms with Crippen LogP contribution in [0.1, 0.15) is 20.3 Å². The number of halogens is 2. The van der Waals surface area contributed by atoms with Crippen molar-refractivity contribution in [3.8, 4) is 0 Å². The molecular formula is C12H15Br2NO2S. The zero-order chi connectivity index (χ0) is 13.6. The number of benzene rings is 1. The van der Waals surface area contributed by atoms with Gasteiger partial charge in [-0.15, -0.1) is 0 Å². The molecule has 1 fully saturated rings. The van der Waals surface area contributed by atoms with E-state index in [2.05, 4.69) is 45.7 Å². The summed E-state index contributed by atoms with van der Waals surface area (Å²) in [7, 11) is -3.41. The van der Waals surface area contributed by atoms with E-state index in [1.807, 2.05) is 6.07 Å². The lowest BCUT2D eigenvalue weighted by Crippen LogP contribution is -2.30. The molecule has 0 radical (unpaired) electrons. The summed E-state index contributed by atoms with van der Waals surface area (Å²) in [6.45, 7) is 5.36. The topological polar surface area (TPSA) is 37.4 Å². The van der Waals surface area contributed by atoms with Gasteiger partial charge in [0.15, 0.2) is 0 Å². The minimum Gasteiger partial charge on any atom is -0.207 e. The highest BCUT2D eigenvalue weighted by Crippen LogP contribution is 2.35. The summed E-state index contributed by atoms with van der Waals surface area (Å²) >= 11 is 6.63. The smallest absolute Gasteiger partial charge is 0.207 e. The maximum Gasteiger partial charge on any atom is 0.244 e. The van der Waals surface area contributed by atoms with E-state index < -0.39 is 10.0 Å². The highest BCUT2D eigenvalue weighted by Gasteiger charge is 2.37. The Morgan fingerprint density at radius 2 is 1.94 bits per heavy atom. The molecule has 0 amide bonds. The second kappa shape index (κ2) is 4.89. The highest BCUT2D eigenvalue weighted by atomic mass is 79.9. The first-order valence-electron chi connectivity index (χ1n) is 5.68. The van der Waals surface area contributed by atoms with Gasteiger partial charge in [0.2, 0.25) is 10.0 Å². The molecule has 2 rings (SSSR count). The van der Waals surface area contributed by atoms with Crippen LogP contribution in [0.25, 0.3) is 0 Å². The summed E-state index contributed by atoms with van der Waals surface area (Å²) < 4.78 is 28.1. The van der Waals surface area contributed by atoms with E-state index in [0.717, 1.165) is 10.9 Å². The van der Waals surface area contributed by atoms with Gasteiger partial charge in [-0.3, -0.25) is 0 Å². The maximum absolute atomic E-state index is 12.6. The average molecular weight is 397 g/mol. The summed E-state index contributed by atoms with van der Waals surface area (Å²) in [6.07, 6.45) is 0.901. The van der Waals surface area contributed by atoms with E-state index in [0.29, 0.717) is 22.5 Å². The van der Waals surface area contributed by atoms with Crippen LogP contribution in [-0.4, -0.2) is 25.8 Å². The first-order chi connectivity index (χ1) is 8.22. The summed E-state index contributed by atoms with van der Waals surface area (Å²) in [5.41, 5.74) is 0.0611. The lowest BCUT2D eigenvalue weighted by molar-refractivity contribution is 0.375. The third kappa shape index (κ3) is 2.81. The maximum atomic E-state index is 12.6. The second-order valence-corrected chi connectivity index (χ2v) is 9.00. The van der Waals surface area contributed by atoms with E-state index in [1.165, 1.54) is 0 Å². The lowest BCUT2D eigenvalue weighted by atomic mass is 9.93. The van der Waals surface area contributed by atoms with Gasteiger partial charge in [-0.25, -0.2) is 8.42 Å². The Kier molecular flexibility index (Phi) is 3.94. The predicted molar refractivity (Wildman–Crippen MR) is 79.0 cm³/mol. The number of hydrogen-bond donors (Lipinski definition) is 0. The van der Waals surface area contributed by atoms with Crippen LogP contribution >= 0.6 is 31.9 Å². The molecular weight excluding hydrogens is 382 g/mol. The van der Waals surface area contributed by atoms with Gasteiger partial charge in [0.05, 0.1) is 4.90 Å². The Morgan fingerprint density at radius 3 is 2.50 bits per heavy atom. The number of nitrogens with zero attached hydrogens (tertiary/aromatic N) is 1. The fourth-order valence-corrected chi connectivity index (χ4v) is 5.17. The van der Waals surface area contributed by atoms with Crippen molar-refractivity contribution >= 4 is 41.9 Å². The van der Waals surface area contributed by atoms with Crippen LogP contribution in [0.5, 0.6) is 0 Å². The Bertz CT molecular complexity index is 569. The van der Waals surface area contributed by atoms with Crippen LogP contribution in [0.2, 0.25) is 0 Å². The van der Waals surface area contributed by atoms with Crippen LogP contribution in [0.4, 0.5) is 0 Å². The quantitative estimate of drug-likeness (QED) is 0.765. The van der Waals surface area contributed by atoms with Crippen molar-refractivity contribution in [1.82, 2.24) is 4.31 Å².